The highest BCUT2D eigenvalue weighted by atomic mass is 19.1. The van der Waals surface area contributed by atoms with Gasteiger partial charge in [-0.05, 0) is 24.6 Å². The molecule has 0 aliphatic carbocycles. The van der Waals surface area contributed by atoms with Gasteiger partial charge in [-0.15, -0.1) is 0 Å². The third-order valence-corrected chi connectivity index (χ3v) is 1.69. The van der Waals surface area contributed by atoms with Crippen LogP contribution in [0.25, 0.3) is 6.08 Å². The monoisotopic (exact) mass is 198 g/mol. The fourth-order valence-corrected chi connectivity index (χ4v) is 1.08. The first-order valence-electron chi connectivity index (χ1n) is 3.87. The van der Waals surface area contributed by atoms with Crippen LogP contribution in [0, 0.1) is 18.6 Å². The molecule has 4 heteroatoms. The highest BCUT2D eigenvalue weighted by Crippen LogP contribution is 2.16. The Labute approximate surface area is 79.5 Å². The number of carboxylic acid groups (broad SMARTS) is 1. The average Bonchev–Trinajstić information content (AvgIpc) is 2.01. The molecule has 14 heavy (non-hydrogen) atoms. The second kappa shape index (κ2) is 4.00. The highest BCUT2D eigenvalue weighted by Gasteiger charge is 2.05. The van der Waals surface area contributed by atoms with Gasteiger partial charge in [-0.1, -0.05) is 0 Å². The molecule has 0 radical (unpaired) electrons. The zero-order valence-electron chi connectivity index (χ0n) is 7.42. The topological polar surface area (TPSA) is 37.3 Å². The van der Waals surface area contributed by atoms with Crippen molar-refractivity contribution in [1.29, 1.82) is 0 Å². The number of aliphatic carboxylic acids is 1. The van der Waals surface area contributed by atoms with Crippen LogP contribution in [-0.2, 0) is 4.79 Å². The maximum atomic E-state index is 13.1. The standard InChI is InChI=1S/C10H8F2O2/c1-6-4-7(11)5-9(12)8(6)2-3-10(13)14/h2-5H,1H3,(H,13,14). The van der Waals surface area contributed by atoms with E-state index in [9.17, 15) is 13.6 Å². The second-order valence-corrected chi connectivity index (χ2v) is 2.79. The van der Waals surface area contributed by atoms with E-state index in [1.807, 2.05) is 0 Å². The van der Waals surface area contributed by atoms with E-state index in [2.05, 4.69) is 0 Å². The number of halogens is 2. The van der Waals surface area contributed by atoms with Gasteiger partial charge in [0.15, 0.2) is 0 Å². The van der Waals surface area contributed by atoms with Gasteiger partial charge in [0.1, 0.15) is 11.6 Å². The molecule has 0 aliphatic heterocycles. The van der Waals surface area contributed by atoms with Gasteiger partial charge in [0.25, 0.3) is 0 Å². The van der Waals surface area contributed by atoms with Crippen molar-refractivity contribution in [3.05, 3.63) is 41.0 Å². The molecule has 0 aliphatic rings. The molecule has 2 nitrogen and oxygen atoms in total. The van der Waals surface area contributed by atoms with Crippen LogP contribution in [0.5, 0.6) is 0 Å². The minimum atomic E-state index is -1.17. The molecule has 0 fully saturated rings. The molecule has 1 rings (SSSR count). The third kappa shape index (κ3) is 2.39. The summed E-state index contributed by atoms with van der Waals surface area (Å²) in [5.41, 5.74) is 0.453. The zero-order chi connectivity index (χ0) is 10.7. The van der Waals surface area contributed by atoms with Crippen LogP contribution in [0.1, 0.15) is 11.1 Å². The van der Waals surface area contributed by atoms with E-state index in [1.165, 1.54) is 6.92 Å². The van der Waals surface area contributed by atoms with Gasteiger partial charge in [-0.25, -0.2) is 13.6 Å². The molecule has 0 saturated carbocycles. The molecular weight excluding hydrogens is 190 g/mol. The maximum Gasteiger partial charge on any atom is 0.328 e. The summed E-state index contributed by atoms with van der Waals surface area (Å²) in [6.07, 6.45) is 1.91. The van der Waals surface area contributed by atoms with E-state index in [1.54, 1.807) is 0 Å². The van der Waals surface area contributed by atoms with E-state index in [4.69, 9.17) is 5.11 Å². The van der Waals surface area contributed by atoms with Crippen molar-refractivity contribution in [2.75, 3.05) is 0 Å². The molecule has 74 valence electrons. The second-order valence-electron chi connectivity index (χ2n) is 2.79. The molecule has 1 N–H and O–H groups in total. The van der Waals surface area contributed by atoms with E-state index in [-0.39, 0.29) is 5.56 Å². The molecule has 0 amide bonds. The van der Waals surface area contributed by atoms with Crippen LogP contribution in [0.15, 0.2) is 18.2 Å². The molecule has 0 unspecified atom stereocenters. The van der Waals surface area contributed by atoms with Gasteiger partial charge in [0.2, 0.25) is 0 Å². The fraction of sp³-hybridized carbons (Fsp3) is 0.100. The Morgan fingerprint density at radius 1 is 1.43 bits per heavy atom. The normalized spacial score (nSPS) is 10.8. The van der Waals surface area contributed by atoms with Crippen LogP contribution in [0.4, 0.5) is 8.78 Å². The Hall–Kier alpha value is -1.71. The molecule has 0 saturated heterocycles. The lowest BCUT2D eigenvalue weighted by molar-refractivity contribution is -0.131. The lowest BCUT2D eigenvalue weighted by Gasteiger charge is -2.01. The first-order chi connectivity index (χ1) is 6.50. The molecule has 0 spiro atoms. The molecule has 0 aromatic heterocycles. The first-order valence-corrected chi connectivity index (χ1v) is 3.87. The Morgan fingerprint density at radius 2 is 2.07 bits per heavy atom. The summed E-state index contributed by atoms with van der Waals surface area (Å²) in [7, 11) is 0. The summed E-state index contributed by atoms with van der Waals surface area (Å²) in [6, 6.07) is 1.86. The lowest BCUT2D eigenvalue weighted by Crippen LogP contribution is -1.92. The number of aryl methyl sites for hydroxylation is 1. The minimum absolute atomic E-state index is 0.0915. The quantitative estimate of drug-likeness (QED) is 0.740. The number of hydrogen-bond donors (Lipinski definition) is 1. The SMILES string of the molecule is Cc1cc(F)cc(F)c1C=CC(=O)O. The van der Waals surface area contributed by atoms with Gasteiger partial charge < -0.3 is 5.11 Å². The average molecular weight is 198 g/mol. The van der Waals surface area contributed by atoms with Gasteiger partial charge in [0.05, 0.1) is 0 Å². The van der Waals surface area contributed by atoms with Crippen LogP contribution in [0.3, 0.4) is 0 Å². The molecule has 0 bridgehead atoms. The molecular formula is C10H8F2O2. The molecule has 0 heterocycles. The predicted molar refractivity (Wildman–Crippen MR) is 47.8 cm³/mol. The smallest absolute Gasteiger partial charge is 0.328 e. The third-order valence-electron chi connectivity index (χ3n) is 1.69. The number of benzene rings is 1. The number of carboxylic acids is 1. The van der Waals surface area contributed by atoms with E-state index in [0.29, 0.717) is 11.6 Å². The van der Waals surface area contributed by atoms with Gasteiger partial charge in [-0.2, -0.15) is 0 Å². The van der Waals surface area contributed by atoms with Gasteiger partial charge in [0, 0.05) is 17.7 Å². The number of carbonyl (C=O) groups is 1. The Balaban J connectivity index is 3.15. The summed E-state index contributed by atoms with van der Waals surface area (Å²) in [5.74, 6) is -2.61. The van der Waals surface area contributed by atoms with Crippen LogP contribution in [-0.4, -0.2) is 11.1 Å². The molecule has 1 aromatic carbocycles. The summed E-state index contributed by atoms with van der Waals surface area (Å²) in [4.78, 5) is 10.2. The summed E-state index contributed by atoms with van der Waals surface area (Å²) >= 11 is 0. The van der Waals surface area contributed by atoms with Crippen molar-refractivity contribution < 1.29 is 18.7 Å². The van der Waals surface area contributed by atoms with E-state index >= 15 is 0 Å². The Bertz CT molecular complexity index is 374. The number of hydrogen-bond acceptors (Lipinski definition) is 1. The Kier molecular flexibility index (Phi) is 2.96. The van der Waals surface area contributed by atoms with Crippen molar-refractivity contribution in [2.24, 2.45) is 0 Å². The largest absolute Gasteiger partial charge is 0.478 e. The highest BCUT2D eigenvalue weighted by molar-refractivity contribution is 5.85. The van der Waals surface area contributed by atoms with Crippen molar-refractivity contribution >= 4 is 12.0 Å². The van der Waals surface area contributed by atoms with Crippen molar-refractivity contribution in [3.63, 3.8) is 0 Å². The summed E-state index contributed by atoms with van der Waals surface area (Å²) in [6.45, 7) is 1.51. The van der Waals surface area contributed by atoms with Crippen LogP contribution >= 0.6 is 0 Å². The maximum absolute atomic E-state index is 13.1. The lowest BCUT2D eigenvalue weighted by atomic mass is 10.1. The molecule has 0 atom stereocenters. The van der Waals surface area contributed by atoms with Crippen LogP contribution < -0.4 is 0 Å². The van der Waals surface area contributed by atoms with Crippen molar-refractivity contribution in [3.8, 4) is 0 Å². The van der Waals surface area contributed by atoms with E-state index < -0.39 is 17.6 Å². The molecule has 1 aromatic rings. The van der Waals surface area contributed by atoms with Crippen molar-refractivity contribution in [2.45, 2.75) is 6.92 Å². The fourth-order valence-electron chi connectivity index (χ4n) is 1.08. The van der Waals surface area contributed by atoms with Crippen molar-refractivity contribution in [1.82, 2.24) is 0 Å². The van der Waals surface area contributed by atoms with Gasteiger partial charge in [-0.3, -0.25) is 0 Å². The first kappa shape index (κ1) is 10.4. The summed E-state index contributed by atoms with van der Waals surface area (Å²) < 4.78 is 25.7. The zero-order valence-corrected chi connectivity index (χ0v) is 7.42. The number of rotatable bonds is 2. The van der Waals surface area contributed by atoms with Gasteiger partial charge >= 0.3 is 5.97 Å². The predicted octanol–water partition coefficient (Wildman–Crippen LogP) is 2.37. The van der Waals surface area contributed by atoms with E-state index in [0.717, 1.165) is 18.2 Å². The summed E-state index contributed by atoms with van der Waals surface area (Å²) in [5, 5.41) is 8.33. The minimum Gasteiger partial charge on any atom is -0.478 e. The van der Waals surface area contributed by atoms with Crippen LogP contribution in [0.2, 0.25) is 0 Å². The Morgan fingerprint density at radius 3 is 2.57 bits per heavy atom.